The van der Waals surface area contributed by atoms with E-state index >= 15 is 0 Å². The van der Waals surface area contributed by atoms with Crippen molar-refractivity contribution >= 4 is 17.6 Å². The summed E-state index contributed by atoms with van der Waals surface area (Å²) in [6.45, 7) is 1.42. The van der Waals surface area contributed by atoms with Crippen LogP contribution in [0.15, 0.2) is 36.4 Å². The van der Waals surface area contributed by atoms with Gasteiger partial charge in [0, 0.05) is 6.42 Å². The summed E-state index contributed by atoms with van der Waals surface area (Å²) in [5, 5.41) is 2.39. The van der Waals surface area contributed by atoms with Gasteiger partial charge in [-0.1, -0.05) is 12.1 Å². The molecule has 2 aromatic rings. The van der Waals surface area contributed by atoms with Gasteiger partial charge < -0.3 is 24.3 Å². The van der Waals surface area contributed by atoms with Gasteiger partial charge in [0.2, 0.25) is 5.75 Å². The van der Waals surface area contributed by atoms with Gasteiger partial charge in [0.1, 0.15) is 5.82 Å². The number of benzene rings is 2. The first-order chi connectivity index (χ1) is 13.9. The number of para-hydroxylation sites is 1. The molecule has 0 radical (unpaired) electrons. The van der Waals surface area contributed by atoms with Gasteiger partial charge in [0.15, 0.2) is 17.6 Å². The average molecular weight is 405 g/mol. The summed E-state index contributed by atoms with van der Waals surface area (Å²) >= 11 is 0. The second kappa shape index (κ2) is 10.3. The molecule has 1 atom stereocenters. The molecule has 156 valence electrons. The zero-order valence-corrected chi connectivity index (χ0v) is 16.8. The predicted molar refractivity (Wildman–Crippen MR) is 105 cm³/mol. The molecule has 0 unspecified atom stereocenters. The fourth-order valence-electron chi connectivity index (χ4n) is 2.63. The highest BCUT2D eigenvalue weighted by atomic mass is 19.1. The minimum absolute atomic E-state index is 0.0258. The molecule has 1 amide bonds. The molecule has 0 saturated heterocycles. The molecule has 0 aliphatic heterocycles. The number of aryl methyl sites for hydroxylation is 1. The van der Waals surface area contributed by atoms with E-state index in [0.29, 0.717) is 23.7 Å². The molecule has 0 saturated carbocycles. The molecule has 1 N–H and O–H groups in total. The lowest BCUT2D eigenvalue weighted by Crippen LogP contribution is -2.30. The Balaban J connectivity index is 1.94. The minimum atomic E-state index is -1.07. The number of rotatable bonds is 9. The van der Waals surface area contributed by atoms with Crippen LogP contribution in [0.4, 0.5) is 10.1 Å². The second-order valence-corrected chi connectivity index (χ2v) is 6.13. The van der Waals surface area contributed by atoms with E-state index in [2.05, 4.69) is 5.32 Å². The Hall–Kier alpha value is -3.29. The first-order valence-corrected chi connectivity index (χ1v) is 8.93. The third kappa shape index (κ3) is 5.84. The van der Waals surface area contributed by atoms with Crippen molar-refractivity contribution in [3.63, 3.8) is 0 Å². The van der Waals surface area contributed by atoms with Gasteiger partial charge in [-0.3, -0.25) is 9.59 Å². The molecule has 0 aliphatic rings. The highest BCUT2D eigenvalue weighted by Crippen LogP contribution is 2.38. The van der Waals surface area contributed by atoms with E-state index in [4.69, 9.17) is 18.9 Å². The third-order valence-electron chi connectivity index (χ3n) is 4.15. The van der Waals surface area contributed by atoms with Crippen LogP contribution in [0, 0.1) is 5.82 Å². The smallest absolute Gasteiger partial charge is 0.306 e. The van der Waals surface area contributed by atoms with Crippen molar-refractivity contribution < 1.29 is 32.9 Å². The number of carbonyl (C=O) groups excluding carboxylic acids is 2. The Kier molecular flexibility index (Phi) is 7.82. The number of hydrogen-bond donors (Lipinski definition) is 1. The van der Waals surface area contributed by atoms with Crippen LogP contribution in [0.1, 0.15) is 18.9 Å². The highest BCUT2D eigenvalue weighted by molar-refractivity contribution is 5.95. The van der Waals surface area contributed by atoms with Gasteiger partial charge >= 0.3 is 5.97 Å². The van der Waals surface area contributed by atoms with Crippen LogP contribution in [0.3, 0.4) is 0 Å². The van der Waals surface area contributed by atoms with Crippen LogP contribution >= 0.6 is 0 Å². The van der Waals surface area contributed by atoms with Crippen molar-refractivity contribution in [2.75, 3.05) is 26.6 Å². The van der Waals surface area contributed by atoms with Gasteiger partial charge in [0.05, 0.1) is 27.0 Å². The SMILES string of the molecule is COc1cc(CCC(=O)O[C@H](C)C(=O)Nc2ccccc2F)cc(OC)c1OC. The summed E-state index contributed by atoms with van der Waals surface area (Å²) in [5.74, 6) is -0.326. The number of hydrogen-bond acceptors (Lipinski definition) is 6. The van der Waals surface area contributed by atoms with E-state index in [9.17, 15) is 14.0 Å². The van der Waals surface area contributed by atoms with E-state index < -0.39 is 23.8 Å². The maximum absolute atomic E-state index is 13.6. The predicted octanol–water partition coefficient (Wildman–Crippen LogP) is 3.35. The quantitative estimate of drug-likeness (QED) is 0.644. The van der Waals surface area contributed by atoms with E-state index in [1.54, 1.807) is 18.2 Å². The van der Waals surface area contributed by atoms with Crippen LogP contribution in [0.5, 0.6) is 17.2 Å². The number of methoxy groups -OCH3 is 3. The molecular weight excluding hydrogens is 381 g/mol. The second-order valence-electron chi connectivity index (χ2n) is 6.13. The highest BCUT2D eigenvalue weighted by Gasteiger charge is 2.20. The molecule has 0 bridgehead atoms. The molecule has 29 heavy (non-hydrogen) atoms. The number of nitrogens with one attached hydrogen (secondary N) is 1. The number of anilines is 1. The van der Waals surface area contributed by atoms with E-state index in [-0.39, 0.29) is 12.1 Å². The minimum Gasteiger partial charge on any atom is -0.493 e. The van der Waals surface area contributed by atoms with E-state index in [1.807, 2.05) is 0 Å². The number of halogens is 1. The maximum Gasteiger partial charge on any atom is 0.306 e. The van der Waals surface area contributed by atoms with Crippen molar-refractivity contribution in [1.82, 2.24) is 0 Å². The number of carbonyl (C=O) groups is 2. The van der Waals surface area contributed by atoms with Crippen LogP contribution < -0.4 is 19.5 Å². The van der Waals surface area contributed by atoms with Gasteiger partial charge in [0.25, 0.3) is 5.91 Å². The lowest BCUT2D eigenvalue weighted by molar-refractivity contribution is -0.153. The molecule has 8 heteroatoms. The van der Waals surface area contributed by atoms with Crippen LogP contribution in [0.25, 0.3) is 0 Å². The first-order valence-electron chi connectivity index (χ1n) is 8.93. The molecule has 2 aromatic carbocycles. The Morgan fingerprint density at radius 1 is 1.03 bits per heavy atom. The Morgan fingerprint density at radius 3 is 2.21 bits per heavy atom. The monoisotopic (exact) mass is 405 g/mol. The molecule has 7 nitrogen and oxygen atoms in total. The zero-order valence-electron chi connectivity index (χ0n) is 16.8. The standard InChI is InChI=1S/C21H24FNO6/c1-13(21(25)23-16-8-6-5-7-15(16)22)29-19(24)10-9-14-11-17(26-2)20(28-4)18(12-14)27-3/h5-8,11-13H,9-10H2,1-4H3,(H,23,25)/t13-/m1/s1. The third-order valence-corrected chi connectivity index (χ3v) is 4.15. The molecule has 0 heterocycles. The van der Waals surface area contributed by atoms with Crippen LogP contribution in [-0.4, -0.2) is 39.3 Å². The fourth-order valence-corrected chi connectivity index (χ4v) is 2.63. The summed E-state index contributed by atoms with van der Waals surface area (Å²) < 4.78 is 34.6. The Morgan fingerprint density at radius 2 is 1.66 bits per heavy atom. The lowest BCUT2D eigenvalue weighted by atomic mass is 10.1. The molecule has 0 aliphatic carbocycles. The summed E-state index contributed by atoms with van der Waals surface area (Å²) in [6, 6.07) is 9.23. The first kappa shape index (κ1) is 22.0. The summed E-state index contributed by atoms with van der Waals surface area (Å²) in [5.41, 5.74) is 0.803. The molecule has 0 aromatic heterocycles. The van der Waals surface area contributed by atoms with E-state index in [0.717, 1.165) is 5.56 Å². The van der Waals surface area contributed by atoms with Gasteiger partial charge in [-0.2, -0.15) is 0 Å². The van der Waals surface area contributed by atoms with Crippen molar-refractivity contribution in [3.8, 4) is 17.2 Å². The molecule has 0 fully saturated rings. The van der Waals surface area contributed by atoms with E-state index in [1.165, 1.54) is 46.5 Å². The van der Waals surface area contributed by atoms with Crippen molar-refractivity contribution in [2.45, 2.75) is 25.9 Å². The van der Waals surface area contributed by atoms with Crippen LogP contribution in [0.2, 0.25) is 0 Å². The largest absolute Gasteiger partial charge is 0.493 e. The van der Waals surface area contributed by atoms with Crippen LogP contribution in [-0.2, 0) is 20.7 Å². The van der Waals surface area contributed by atoms with Crippen molar-refractivity contribution in [3.05, 3.63) is 47.8 Å². The maximum atomic E-state index is 13.6. The van der Waals surface area contributed by atoms with Gasteiger partial charge in [-0.05, 0) is 43.2 Å². The number of esters is 1. The topological polar surface area (TPSA) is 83.1 Å². The molecule has 0 spiro atoms. The normalized spacial score (nSPS) is 11.3. The zero-order chi connectivity index (χ0) is 21.4. The molecule has 2 rings (SSSR count). The summed E-state index contributed by atoms with van der Waals surface area (Å²) in [7, 11) is 4.52. The molecular formula is C21H24FNO6. The summed E-state index contributed by atoms with van der Waals surface area (Å²) in [4.78, 5) is 24.2. The Bertz CT molecular complexity index is 845. The average Bonchev–Trinajstić information content (AvgIpc) is 2.72. The van der Waals surface area contributed by atoms with Gasteiger partial charge in [-0.25, -0.2) is 4.39 Å². The lowest BCUT2D eigenvalue weighted by Gasteiger charge is -2.15. The summed E-state index contributed by atoms with van der Waals surface area (Å²) in [6.07, 6.45) is -0.685. The van der Waals surface area contributed by atoms with Gasteiger partial charge in [-0.15, -0.1) is 0 Å². The number of amides is 1. The fraction of sp³-hybridized carbons (Fsp3) is 0.333. The van der Waals surface area contributed by atoms with Crippen molar-refractivity contribution in [2.24, 2.45) is 0 Å². The number of ether oxygens (including phenoxy) is 4. The Labute approximate surface area is 168 Å². The van der Waals surface area contributed by atoms with Crippen molar-refractivity contribution in [1.29, 1.82) is 0 Å².